The van der Waals surface area contributed by atoms with Gasteiger partial charge in [0, 0.05) is 5.25 Å². The van der Waals surface area contributed by atoms with Gasteiger partial charge in [-0.1, -0.05) is 42.0 Å². The molecule has 0 saturated heterocycles. The van der Waals surface area contributed by atoms with Gasteiger partial charge in [0.1, 0.15) is 0 Å². The van der Waals surface area contributed by atoms with E-state index >= 15 is 0 Å². The molecule has 0 aromatic carbocycles. The Labute approximate surface area is 92.9 Å². The van der Waals surface area contributed by atoms with Crippen molar-refractivity contribution >= 4 is 30.1 Å². The van der Waals surface area contributed by atoms with Crippen molar-refractivity contribution in [3.05, 3.63) is 0 Å². The predicted octanol–water partition coefficient (Wildman–Crippen LogP) is 4.82. The standard InChI is InChI=1S/C10H19IS/c1-9(12-11)8-10(2)6-4-3-5-7-10/h9H,3-8H2,1-2H3. The van der Waals surface area contributed by atoms with Gasteiger partial charge in [0.2, 0.25) is 0 Å². The quantitative estimate of drug-likeness (QED) is 0.673. The summed E-state index contributed by atoms with van der Waals surface area (Å²) in [6.07, 6.45) is 8.76. The Morgan fingerprint density at radius 1 is 1.33 bits per heavy atom. The zero-order chi connectivity index (χ0) is 9.03. The molecule has 12 heavy (non-hydrogen) atoms. The van der Waals surface area contributed by atoms with Crippen LogP contribution in [-0.4, -0.2) is 5.25 Å². The molecule has 0 heterocycles. The Morgan fingerprint density at radius 2 is 1.92 bits per heavy atom. The highest BCUT2D eigenvalue weighted by atomic mass is 127. The molecule has 0 radical (unpaired) electrons. The van der Waals surface area contributed by atoms with E-state index in [4.69, 9.17) is 0 Å². The van der Waals surface area contributed by atoms with Gasteiger partial charge < -0.3 is 0 Å². The molecular weight excluding hydrogens is 279 g/mol. The summed E-state index contributed by atoms with van der Waals surface area (Å²) in [5, 5.41) is 0.841. The second kappa shape index (κ2) is 5.08. The van der Waals surface area contributed by atoms with Crippen LogP contribution in [0.25, 0.3) is 0 Å². The normalized spacial score (nSPS) is 25.2. The van der Waals surface area contributed by atoms with Gasteiger partial charge in [-0.3, -0.25) is 0 Å². The maximum absolute atomic E-state index is 2.48. The van der Waals surface area contributed by atoms with E-state index < -0.39 is 0 Å². The summed E-state index contributed by atoms with van der Waals surface area (Å²) in [6.45, 7) is 4.84. The van der Waals surface area contributed by atoms with Crippen LogP contribution >= 0.6 is 30.1 Å². The average molecular weight is 298 g/mol. The van der Waals surface area contributed by atoms with Gasteiger partial charge in [-0.2, -0.15) is 0 Å². The molecule has 2 heteroatoms. The van der Waals surface area contributed by atoms with Crippen LogP contribution in [0.4, 0.5) is 0 Å². The van der Waals surface area contributed by atoms with Crippen LogP contribution < -0.4 is 0 Å². The molecule has 0 amide bonds. The SMILES string of the molecule is CC(CC1(C)CCCCC1)SI. The monoisotopic (exact) mass is 298 g/mol. The minimum atomic E-state index is 0.676. The third kappa shape index (κ3) is 3.44. The first kappa shape index (κ1) is 11.2. The number of hydrogen-bond donors (Lipinski definition) is 0. The Morgan fingerprint density at radius 3 is 2.42 bits per heavy atom. The predicted molar refractivity (Wildman–Crippen MR) is 66.9 cm³/mol. The lowest BCUT2D eigenvalue weighted by molar-refractivity contribution is 0.200. The molecule has 1 saturated carbocycles. The van der Waals surface area contributed by atoms with Crippen LogP contribution in [0.15, 0.2) is 0 Å². The van der Waals surface area contributed by atoms with Crippen molar-refractivity contribution < 1.29 is 0 Å². The fourth-order valence-electron chi connectivity index (χ4n) is 2.33. The zero-order valence-corrected chi connectivity index (χ0v) is 11.1. The van der Waals surface area contributed by atoms with E-state index in [1.807, 2.05) is 8.93 Å². The van der Waals surface area contributed by atoms with Crippen LogP contribution in [0, 0.1) is 5.41 Å². The smallest absolute Gasteiger partial charge is 0.0124 e. The van der Waals surface area contributed by atoms with Gasteiger partial charge in [-0.15, -0.1) is 0 Å². The first-order chi connectivity index (χ1) is 5.66. The molecule has 0 nitrogen and oxygen atoms in total. The molecule has 0 N–H and O–H groups in total. The lowest BCUT2D eigenvalue weighted by Crippen LogP contribution is -2.23. The molecule has 0 aromatic heterocycles. The minimum absolute atomic E-state index is 0.676. The number of rotatable bonds is 3. The van der Waals surface area contributed by atoms with Crippen molar-refractivity contribution in [3.8, 4) is 0 Å². The summed E-state index contributed by atoms with van der Waals surface area (Å²) in [6, 6.07) is 0. The lowest BCUT2D eigenvalue weighted by atomic mass is 9.73. The first-order valence-corrected chi connectivity index (χ1v) is 8.36. The number of hydrogen-bond acceptors (Lipinski definition) is 1. The topological polar surface area (TPSA) is 0 Å². The van der Waals surface area contributed by atoms with Crippen molar-refractivity contribution in [2.24, 2.45) is 5.41 Å². The summed E-state index contributed by atoms with van der Waals surface area (Å²) in [5.74, 6) is 0. The molecule has 0 aliphatic heterocycles. The molecule has 1 aliphatic rings. The van der Waals surface area contributed by atoms with Crippen molar-refractivity contribution in [1.29, 1.82) is 0 Å². The molecule has 72 valence electrons. The van der Waals surface area contributed by atoms with E-state index in [2.05, 4.69) is 35.1 Å². The molecule has 1 unspecified atom stereocenters. The van der Waals surface area contributed by atoms with Crippen molar-refractivity contribution in [1.82, 2.24) is 0 Å². The second-order valence-corrected chi connectivity index (χ2v) is 6.98. The van der Waals surface area contributed by atoms with Gasteiger partial charge >= 0.3 is 0 Å². The summed E-state index contributed by atoms with van der Waals surface area (Å²) in [4.78, 5) is 0. The van der Waals surface area contributed by atoms with Crippen LogP contribution in [0.5, 0.6) is 0 Å². The van der Waals surface area contributed by atoms with Gasteiger partial charge in [-0.25, -0.2) is 0 Å². The third-order valence-electron chi connectivity index (χ3n) is 2.99. The van der Waals surface area contributed by atoms with Crippen molar-refractivity contribution in [2.45, 2.75) is 57.6 Å². The molecule has 0 aromatic rings. The summed E-state index contributed by atoms with van der Waals surface area (Å²) in [7, 11) is 1.99. The molecule has 1 atom stereocenters. The maximum Gasteiger partial charge on any atom is 0.0124 e. The van der Waals surface area contributed by atoms with Crippen LogP contribution in [-0.2, 0) is 0 Å². The van der Waals surface area contributed by atoms with E-state index in [9.17, 15) is 0 Å². The Kier molecular flexibility index (Phi) is 4.73. The summed E-state index contributed by atoms with van der Waals surface area (Å²) in [5.41, 5.74) is 0.676. The minimum Gasteiger partial charge on any atom is -0.0862 e. The van der Waals surface area contributed by atoms with Gasteiger partial charge in [-0.05, 0) is 45.9 Å². The molecule has 0 bridgehead atoms. The average Bonchev–Trinajstić information content (AvgIpc) is 2.05. The molecule has 1 aliphatic carbocycles. The third-order valence-corrected chi connectivity index (χ3v) is 6.07. The van der Waals surface area contributed by atoms with E-state index in [1.54, 1.807) is 0 Å². The van der Waals surface area contributed by atoms with Crippen molar-refractivity contribution in [2.75, 3.05) is 0 Å². The Hall–Kier alpha value is 1.08. The van der Waals surface area contributed by atoms with Gasteiger partial charge in [0.05, 0.1) is 0 Å². The van der Waals surface area contributed by atoms with E-state index in [0.29, 0.717) is 5.41 Å². The highest BCUT2D eigenvalue weighted by Gasteiger charge is 2.28. The van der Waals surface area contributed by atoms with Crippen LogP contribution in [0.3, 0.4) is 0 Å². The van der Waals surface area contributed by atoms with Crippen molar-refractivity contribution in [3.63, 3.8) is 0 Å². The van der Waals surface area contributed by atoms with E-state index in [0.717, 1.165) is 5.25 Å². The molecule has 0 spiro atoms. The highest BCUT2D eigenvalue weighted by Crippen LogP contribution is 2.42. The first-order valence-electron chi connectivity index (χ1n) is 4.94. The lowest BCUT2D eigenvalue weighted by Gasteiger charge is -2.35. The van der Waals surface area contributed by atoms with Gasteiger partial charge in [0.15, 0.2) is 0 Å². The van der Waals surface area contributed by atoms with E-state index in [-0.39, 0.29) is 0 Å². The fourth-order valence-corrected chi connectivity index (χ4v) is 3.34. The Bertz CT molecular complexity index is 130. The maximum atomic E-state index is 2.48. The van der Waals surface area contributed by atoms with Gasteiger partial charge in [0.25, 0.3) is 0 Å². The highest BCUT2D eigenvalue weighted by molar-refractivity contribution is 14.2. The molecular formula is C10H19IS. The molecule has 1 rings (SSSR count). The largest absolute Gasteiger partial charge is 0.0862 e. The fraction of sp³-hybridized carbons (Fsp3) is 1.00. The van der Waals surface area contributed by atoms with E-state index in [1.165, 1.54) is 38.5 Å². The number of halogens is 1. The molecule has 1 fully saturated rings. The van der Waals surface area contributed by atoms with Crippen LogP contribution in [0.2, 0.25) is 0 Å². The zero-order valence-electron chi connectivity index (χ0n) is 8.11. The second-order valence-electron chi connectivity index (χ2n) is 4.48. The summed E-state index contributed by atoms with van der Waals surface area (Å²) >= 11 is 2.43. The van der Waals surface area contributed by atoms with Crippen LogP contribution in [0.1, 0.15) is 52.4 Å². The summed E-state index contributed by atoms with van der Waals surface area (Å²) < 4.78 is 0. The Balaban J connectivity index is 2.35.